The van der Waals surface area contributed by atoms with Gasteiger partial charge in [0.1, 0.15) is 6.04 Å². The van der Waals surface area contributed by atoms with Crippen molar-refractivity contribution >= 4 is 36.0 Å². The Labute approximate surface area is 124 Å². The molecule has 5 nitrogen and oxygen atoms in total. The van der Waals surface area contributed by atoms with Gasteiger partial charge in [0.2, 0.25) is 11.8 Å². The second-order valence-corrected chi connectivity index (χ2v) is 5.92. The number of amides is 2. The minimum Gasteiger partial charge on any atom is -0.339 e. The Bertz CT molecular complexity index is 343. The second kappa shape index (κ2) is 7.36. The zero-order valence-electron chi connectivity index (χ0n) is 11.4. The molecule has 2 unspecified atom stereocenters. The Morgan fingerprint density at radius 3 is 2.74 bits per heavy atom. The first-order valence-corrected chi connectivity index (χ1v) is 7.60. The third-order valence-electron chi connectivity index (χ3n) is 3.71. The van der Waals surface area contributed by atoms with Gasteiger partial charge < -0.3 is 15.1 Å². The highest BCUT2D eigenvalue weighted by atomic mass is 35.5. The van der Waals surface area contributed by atoms with Crippen LogP contribution in [0.1, 0.15) is 19.8 Å². The van der Waals surface area contributed by atoms with Gasteiger partial charge >= 0.3 is 0 Å². The van der Waals surface area contributed by atoms with E-state index >= 15 is 0 Å². The molecular formula is C12H22ClN3O2S. The SMILES string of the molecule is CNC1CCCN(C(=O)C2CSCN2C(C)=O)C1.Cl. The number of likely N-dealkylation sites (N-methyl/N-ethyl adjacent to an activating group) is 1. The standard InChI is InChI=1S/C12H21N3O2S.ClH/c1-9(16)15-8-18-7-11(15)12(17)14-5-3-4-10(6-14)13-2;/h10-11,13H,3-8H2,1-2H3;1H. The lowest BCUT2D eigenvalue weighted by atomic mass is 10.0. The molecule has 0 spiro atoms. The van der Waals surface area contributed by atoms with E-state index in [1.54, 1.807) is 23.6 Å². The Kier molecular flexibility index (Phi) is 6.42. The molecule has 2 heterocycles. The molecule has 0 aliphatic carbocycles. The number of nitrogens with zero attached hydrogens (tertiary/aromatic N) is 2. The molecule has 2 amide bonds. The number of hydrogen-bond acceptors (Lipinski definition) is 4. The molecule has 19 heavy (non-hydrogen) atoms. The molecule has 2 fully saturated rings. The summed E-state index contributed by atoms with van der Waals surface area (Å²) in [4.78, 5) is 27.6. The first-order valence-electron chi connectivity index (χ1n) is 6.44. The molecule has 1 N–H and O–H groups in total. The summed E-state index contributed by atoms with van der Waals surface area (Å²) in [5.74, 6) is 1.50. The minimum atomic E-state index is -0.247. The molecule has 2 aliphatic heterocycles. The lowest BCUT2D eigenvalue weighted by molar-refractivity contribution is -0.143. The van der Waals surface area contributed by atoms with Crippen molar-refractivity contribution in [2.75, 3.05) is 31.8 Å². The van der Waals surface area contributed by atoms with Crippen LogP contribution in [0, 0.1) is 0 Å². The zero-order chi connectivity index (χ0) is 13.1. The van der Waals surface area contributed by atoms with E-state index in [9.17, 15) is 9.59 Å². The van der Waals surface area contributed by atoms with Gasteiger partial charge in [-0.25, -0.2) is 0 Å². The van der Waals surface area contributed by atoms with Crippen LogP contribution < -0.4 is 5.32 Å². The Hall–Kier alpha value is -0.460. The molecule has 0 saturated carbocycles. The molecular weight excluding hydrogens is 286 g/mol. The molecule has 2 atom stereocenters. The summed E-state index contributed by atoms with van der Waals surface area (Å²) in [7, 11) is 1.94. The van der Waals surface area contributed by atoms with Crippen molar-refractivity contribution in [1.29, 1.82) is 0 Å². The van der Waals surface area contributed by atoms with Crippen molar-refractivity contribution in [2.24, 2.45) is 0 Å². The molecule has 2 aliphatic rings. The number of likely N-dealkylation sites (tertiary alicyclic amines) is 1. The van der Waals surface area contributed by atoms with E-state index in [4.69, 9.17) is 0 Å². The summed E-state index contributed by atoms with van der Waals surface area (Å²) >= 11 is 1.66. The molecule has 110 valence electrons. The summed E-state index contributed by atoms with van der Waals surface area (Å²) in [6, 6.07) is 0.144. The third-order valence-corrected chi connectivity index (χ3v) is 4.73. The van der Waals surface area contributed by atoms with Crippen LogP contribution in [0.4, 0.5) is 0 Å². The van der Waals surface area contributed by atoms with E-state index in [0.717, 1.165) is 31.7 Å². The number of thioether (sulfide) groups is 1. The van der Waals surface area contributed by atoms with Gasteiger partial charge in [0, 0.05) is 31.8 Å². The van der Waals surface area contributed by atoms with Crippen LogP contribution in [0.2, 0.25) is 0 Å². The molecule has 0 aromatic carbocycles. The van der Waals surface area contributed by atoms with Gasteiger partial charge in [0.15, 0.2) is 0 Å². The highest BCUT2D eigenvalue weighted by molar-refractivity contribution is 7.99. The van der Waals surface area contributed by atoms with E-state index in [1.807, 2.05) is 11.9 Å². The van der Waals surface area contributed by atoms with Crippen molar-refractivity contribution < 1.29 is 9.59 Å². The third kappa shape index (κ3) is 3.77. The quantitative estimate of drug-likeness (QED) is 0.809. The van der Waals surface area contributed by atoms with Gasteiger partial charge in [0.25, 0.3) is 0 Å². The number of nitrogens with one attached hydrogen (secondary N) is 1. The highest BCUT2D eigenvalue weighted by Crippen LogP contribution is 2.23. The average molecular weight is 308 g/mol. The van der Waals surface area contributed by atoms with Crippen LogP contribution in [-0.4, -0.2) is 65.5 Å². The van der Waals surface area contributed by atoms with Crippen LogP contribution in [-0.2, 0) is 9.59 Å². The molecule has 2 saturated heterocycles. The van der Waals surface area contributed by atoms with Crippen LogP contribution in [0.25, 0.3) is 0 Å². The predicted octanol–water partition coefficient (Wildman–Crippen LogP) is 0.540. The van der Waals surface area contributed by atoms with Gasteiger partial charge in [-0.05, 0) is 19.9 Å². The number of hydrogen-bond donors (Lipinski definition) is 1. The van der Waals surface area contributed by atoms with Crippen LogP contribution >= 0.6 is 24.2 Å². The van der Waals surface area contributed by atoms with Crippen LogP contribution in [0.15, 0.2) is 0 Å². The molecule has 0 aromatic rings. The number of carbonyl (C=O) groups excluding carboxylic acids is 2. The molecule has 7 heteroatoms. The Balaban J connectivity index is 0.00000180. The van der Waals surface area contributed by atoms with Gasteiger partial charge in [-0.3, -0.25) is 9.59 Å². The Morgan fingerprint density at radius 2 is 2.11 bits per heavy atom. The normalized spacial score (nSPS) is 27.1. The predicted molar refractivity (Wildman–Crippen MR) is 79.5 cm³/mol. The van der Waals surface area contributed by atoms with Crippen LogP contribution in [0.3, 0.4) is 0 Å². The fourth-order valence-electron chi connectivity index (χ4n) is 2.58. The summed E-state index contributed by atoms with van der Waals surface area (Å²) in [5, 5.41) is 3.23. The fourth-order valence-corrected chi connectivity index (χ4v) is 3.79. The van der Waals surface area contributed by atoms with E-state index in [0.29, 0.717) is 11.9 Å². The summed E-state index contributed by atoms with van der Waals surface area (Å²) in [6.45, 7) is 3.13. The first kappa shape index (κ1) is 16.6. The Morgan fingerprint density at radius 1 is 1.37 bits per heavy atom. The van der Waals surface area contributed by atoms with Crippen LogP contribution in [0.5, 0.6) is 0 Å². The van der Waals surface area contributed by atoms with Gasteiger partial charge in [-0.2, -0.15) is 0 Å². The summed E-state index contributed by atoms with van der Waals surface area (Å²) < 4.78 is 0. The number of carbonyl (C=O) groups is 2. The number of halogens is 1. The number of rotatable bonds is 2. The average Bonchev–Trinajstić information content (AvgIpc) is 2.87. The van der Waals surface area contributed by atoms with Gasteiger partial charge in [-0.15, -0.1) is 24.2 Å². The maximum Gasteiger partial charge on any atom is 0.246 e. The topological polar surface area (TPSA) is 52.7 Å². The zero-order valence-corrected chi connectivity index (χ0v) is 13.1. The molecule has 0 aromatic heterocycles. The van der Waals surface area contributed by atoms with Crippen molar-refractivity contribution in [3.63, 3.8) is 0 Å². The maximum absolute atomic E-state index is 12.5. The van der Waals surface area contributed by atoms with Crippen molar-refractivity contribution in [2.45, 2.75) is 31.8 Å². The first-order chi connectivity index (χ1) is 8.63. The van der Waals surface area contributed by atoms with Gasteiger partial charge in [0.05, 0.1) is 5.88 Å². The van der Waals surface area contributed by atoms with E-state index < -0.39 is 0 Å². The highest BCUT2D eigenvalue weighted by Gasteiger charge is 2.36. The summed E-state index contributed by atoms with van der Waals surface area (Å²) in [6.07, 6.45) is 2.16. The lowest BCUT2D eigenvalue weighted by Crippen LogP contribution is -2.53. The summed E-state index contributed by atoms with van der Waals surface area (Å²) in [5.41, 5.74) is 0. The smallest absolute Gasteiger partial charge is 0.246 e. The number of piperidine rings is 1. The lowest BCUT2D eigenvalue weighted by Gasteiger charge is -2.35. The van der Waals surface area contributed by atoms with Crippen molar-refractivity contribution in [3.05, 3.63) is 0 Å². The maximum atomic E-state index is 12.5. The largest absolute Gasteiger partial charge is 0.339 e. The van der Waals surface area contributed by atoms with Crippen molar-refractivity contribution in [3.8, 4) is 0 Å². The van der Waals surface area contributed by atoms with Crippen molar-refractivity contribution in [1.82, 2.24) is 15.1 Å². The monoisotopic (exact) mass is 307 g/mol. The molecule has 0 bridgehead atoms. The second-order valence-electron chi connectivity index (χ2n) is 4.92. The molecule has 0 radical (unpaired) electrons. The van der Waals surface area contributed by atoms with E-state index in [1.165, 1.54) is 0 Å². The molecule has 2 rings (SSSR count). The van der Waals surface area contributed by atoms with Gasteiger partial charge in [-0.1, -0.05) is 0 Å². The minimum absolute atomic E-state index is 0. The fraction of sp³-hybridized carbons (Fsp3) is 0.833. The van der Waals surface area contributed by atoms with E-state index in [-0.39, 0.29) is 30.3 Å². The van der Waals surface area contributed by atoms with E-state index in [2.05, 4.69) is 5.32 Å².